The standard InChI is InChI=1S/6FH.K.Sb/h6*1H;;/q;;;;;;+1;/p-6. The van der Waals surface area contributed by atoms with Gasteiger partial charge in [0.1, 0.15) is 0 Å². The van der Waals surface area contributed by atoms with Gasteiger partial charge < -0.3 is 28.2 Å². The zero-order chi connectivity index (χ0) is 0. The quantitative estimate of drug-likeness (QED) is 0.304. The molecule has 3 radical (unpaired) electrons. The summed E-state index contributed by atoms with van der Waals surface area (Å²) in [6.45, 7) is 0. The summed E-state index contributed by atoms with van der Waals surface area (Å²) in [4.78, 5) is 0. The predicted molar refractivity (Wildman–Crippen MR) is 5.75 cm³/mol. The molecule has 0 aromatic heterocycles. The van der Waals surface area contributed by atoms with E-state index < -0.39 is 0 Å². The van der Waals surface area contributed by atoms with Gasteiger partial charge in [-0.2, -0.15) is 0 Å². The Labute approximate surface area is 102 Å². The SMILES string of the molecule is [F-].[F-].[F-].[F-].[F-].[F-].[K+].[Sb]. The Morgan fingerprint density at radius 1 is 0.375 bits per heavy atom. The molecule has 0 aromatic rings. The van der Waals surface area contributed by atoms with Gasteiger partial charge in [-0.3, -0.25) is 0 Å². The number of rotatable bonds is 0. The number of hydrogen-bond acceptors (Lipinski definition) is 0. The summed E-state index contributed by atoms with van der Waals surface area (Å²) >= 11 is 0. The van der Waals surface area contributed by atoms with E-state index in [9.17, 15) is 0 Å². The summed E-state index contributed by atoms with van der Waals surface area (Å²) in [5.41, 5.74) is 0. The average molecular weight is 275 g/mol. The Balaban J connectivity index is 0. The van der Waals surface area contributed by atoms with Gasteiger partial charge in [0.2, 0.25) is 0 Å². The first kappa shape index (κ1) is 198. The smallest absolute Gasteiger partial charge is 1.00 e. The molecule has 0 heterocycles. The van der Waals surface area contributed by atoms with Gasteiger partial charge in [0.15, 0.2) is 0 Å². The predicted octanol–water partition coefficient (Wildman–Crippen LogP) is -21.4. The van der Waals surface area contributed by atoms with Gasteiger partial charge in [0.05, 0.1) is 0 Å². The Hall–Kier alpha value is 2.03. The molecule has 0 fully saturated rings. The Bertz CT molecular complexity index is 8.49. The van der Waals surface area contributed by atoms with E-state index in [4.69, 9.17) is 0 Å². The van der Waals surface area contributed by atoms with Crippen LogP contribution in [0.1, 0.15) is 0 Å². The first-order chi connectivity index (χ1) is 0. The van der Waals surface area contributed by atoms with Crippen molar-refractivity contribution >= 4 is 24.4 Å². The van der Waals surface area contributed by atoms with E-state index in [1.807, 2.05) is 0 Å². The molecule has 0 saturated heterocycles. The molecular weight excluding hydrogens is 275 g/mol. The third kappa shape index (κ3) is 96.1. The molecule has 0 unspecified atom stereocenters. The summed E-state index contributed by atoms with van der Waals surface area (Å²) in [6.07, 6.45) is 0. The molecule has 8 heavy (non-hydrogen) atoms. The maximum Gasteiger partial charge on any atom is 1.00 e. The van der Waals surface area contributed by atoms with Crippen LogP contribution in [0.2, 0.25) is 0 Å². The third-order valence-corrected chi connectivity index (χ3v) is 0. The van der Waals surface area contributed by atoms with E-state index in [-0.39, 0.29) is 104 Å². The van der Waals surface area contributed by atoms with E-state index >= 15 is 0 Å². The Morgan fingerprint density at radius 2 is 0.375 bits per heavy atom. The monoisotopic (exact) mass is 274 g/mol. The van der Waals surface area contributed by atoms with Crippen LogP contribution in [-0.4, -0.2) is 24.4 Å². The topological polar surface area (TPSA) is 0 Å². The Morgan fingerprint density at radius 3 is 0.375 bits per heavy atom. The molecule has 0 spiro atoms. The minimum atomic E-state index is 0. The van der Waals surface area contributed by atoms with Gasteiger partial charge in [0.25, 0.3) is 0 Å². The van der Waals surface area contributed by atoms with Crippen molar-refractivity contribution in [2.45, 2.75) is 0 Å². The number of hydrogen-bond donors (Lipinski definition) is 0. The van der Waals surface area contributed by atoms with Gasteiger partial charge in [-0.15, -0.1) is 0 Å². The molecule has 0 aliphatic carbocycles. The largest absolute Gasteiger partial charge is 1.00 e. The molecule has 0 nitrogen and oxygen atoms in total. The molecule has 0 N–H and O–H groups in total. The molecule has 0 aliphatic heterocycles. The second kappa shape index (κ2) is 141. The molecule has 0 amide bonds. The third-order valence-electron chi connectivity index (χ3n) is 0. The van der Waals surface area contributed by atoms with E-state index in [1.54, 1.807) is 0 Å². The van der Waals surface area contributed by atoms with Crippen molar-refractivity contribution in [1.82, 2.24) is 0 Å². The van der Waals surface area contributed by atoms with Crippen LogP contribution in [0.3, 0.4) is 0 Å². The van der Waals surface area contributed by atoms with Crippen LogP contribution in [0, 0.1) is 0 Å². The van der Waals surface area contributed by atoms with Crippen LogP contribution in [0.15, 0.2) is 0 Å². The van der Waals surface area contributed by atoms with E-state index in [0.717, 1.165) is 0 Å². The first-order valence-electron chi connectivity index (χ1n) is 0. The van der Waals surface area contributed by atoms with E-state index in [1.165, 1.54) is 0 Å². The molecular formula is F6KSb-5. The van der Waals surface area contributed by atoms with Crippen molar-refractivity contribution < 1.29 is 79.6 Å². The van der Waals surface area contributed by atoms with Crippen molar-refractivity contribution in [3.05, 3.63) is 0 Å². The zero-order valence-corrected chi connectivity index (χ0v) is 9.39. The van der Waals surface area contributed by atoms with Crippen molar-refractivity contribution in [1.29, 1.82) is 0 Å². The van der Waals surface area contributed by atoms with Crippen LogP contribution < -0.4 is 79.6 Å². The molecule has 53 valence electrons. The molecule has 0 saturated carbocycles. The molecule has 0 atom stereocenters. The van der Waals surface area contributed by atoms with Crippen LogP contribution in [0.4, 0.5) is 0 Å². The van der Waals surface area contributed by atoms with Crippen molar-refractivity contribution in [3.63, 3.8) is 0 Å². The van der Waals surface area contributed by atoms with Crippen LogP contribution in [0.25, 0.3) is 0 Å². The van der Waals surface area contributed by atoms with Crippen LogP contribution in [0.5, 0.6) is 0 Å². The molecule has 0 rings (SSSR count). The second-order valence-electron chi connectivity index (χ2n) is 0. The fourth-order valence-corrected chi connectivity index (χ4v) is 0. The normalized spacial score (nSPS) is 0. The maximum absolute atomic E-state index is 0. The van der Waals surface area contributed by atoms with Crippen LogP contribution >= 0.6 is 0 Å². The van der Waals surface area contributed by atoms with Gasteiger partial charge in [-0.1, -0.05) is 0 Å². The zero-order valence-electron chi connectivity index (χ0n) is 3.72. The van der Waals surface area contributed by atoms with E-state index in [2.05, 4.69) is 0 Å². The Kier molecular flexibility index (Phi) is 3480. The fourth-order valence-electron chi connectivity index (χ4n) is 0. The minimum absolute atomic E-state index is 0. The summed E-state index contributed by atoms with van der Waals surface area (Å²) < 4.78 is 0. The van der Waals surface area contributed by atoms with Gasteiger partial charge >= 0.3 is 51.4 Å². The van der Waals surface area contributed by atoms with Crippen molar-refractivity contribution in [3.8, 4) is 0 Å². The van der Waals surface area contributed by atoms with Crippen molar-refractivity contribution in [2.24, 2.45) is 0 Å². The number of halogens is 6. The fraction of sp³-hybridized carbons (Fsp3) is 0. The minimum Gasteiger partial charge on any atom is -1.00 e. The van der Waals surface area contributed by atoms with Gasteiger partial charge in [0, 0.05) is 24.4 Å². The van der Waals surface area contributed by atoms with Gasteiger partial charge in [-0.05, 0) is 0 Å². The second-order valence-corrected chi connectivity index (χ2v) is 0. The van der Waals surface area contributed by atoms with Crippen molar-refractivity contribution in [2.75, 3.05) is 0 Å². The summed E-state index contributed by atoms with van der Waals surface area (Å²) in [5, 5.41) is 0. The molecule has 0 aliphatic rings. The maximum atomic E-state index is 0. The van der Waals surface area contributed by atoms with E-state index in [0.29, 0.717) is 0 Å². The summed E-state index contributed by atoms with van der Waals surface area (Å²) in [5.74, 6) is 0. The summed E-state index contributed by atoms with van der Waals surface area (Å²) in [7, 11) is 0. The first-order valence-corrected chi connectivity index (χ1v) is 0. The molecule has 0 aromatic carbocycles. The molecule has 0 bridgehead atoms. The van der Waals surface area contributed by atoms with Gasteiger partial charge in [-0.25, -0.2) is 0 Å². The average Bonchev–Trinajstić information content (AvgIpc) is 0. The van der Waals surface area contributed by atoms with Crippen LogP contribution in [-0.2, 0) is 0 Å². The summed E-state index contributed by atoms with van der Waals surface area (Å²) in [6, 6.07) is 0. The molecule has 8 heteroatoms.